The minimum atomic E-state index is 0.712. The normalized spacial score (nSPS) is 16.2. The van der Waals surface area contributed by atoms with Gasteiger partial charge in [-0.25, -0.2) is 9.97 Å². The molecule has 2 aromatic rings. The molecule has 1 saturated heterocycles. The Hall–Kier alpha value is -1.50. The number of aryl methyl sites for hydroxylation is 1. The van der Waals surface area contributed by atoms with Crippen LogP contribution in [0.5, 0.6) is 0 Å². The van der Waals surface area contributed by atoms with E-state index in [0.29, 0.717) is 6.61 Å². The summed E-state index contributed by atoms with van der Waals surface area (Å²) in [5, 5.41) is 3.40. The van der Waals surface area contributed by atoms with Crippen molar-refractivity contribution in [1.29, 1.82) is 0 Å². The van der Waals surface area contributed by atoms with E-state index in [1.165, 1.54) is 0 Å². The van der Waals surface area contributed by atoms with Crippen LogP contribution in [0.4, 0.5) is 0 Å². The highest BCUT2D eigenvalue weighted by molar-refractivity contribution is 5.71. The van der Waals surface area contributed by atoms with Gasteiger partial charge in [0.1, 0.15) is 11.3 Å². The number of rotatable bonds is 8. The molecule has 0 bridgehead atoms. The molecule has 23 heavy (non-hydrogen) atoms. The van der Waals surface area contributed by atoms with Gasteiger partial charge in [-0.1, -0.05) is 0 Å². The summed E-state index contributed by atoms with van der Waals surface area (Å²) < 4.78 is 7.74. The zero-order valence-electron chi connectivity index (χ0n) is 14.0. The lowest BCUT2D eigenvalue weighted by molar-refractivity contribution is 0.139. The summed E-state index contributed by atoms with van der Waals surface area (Å²) in [4.78, 5) is 11.8. The molecule has 2 aromatic heterocycles. The molecule has 0 unspecified atom stereocenters. The van der Waals surface area contributed by atoms with Crippen molar-refractivity contribution in [3.63, 3.8) is 0 Å². The first kappa shape index (κ1) is 16.4. The number of fused-ring (bicyclic) bond motifs is 1. The van der Waals surface area contributed by atoms with E-state index in [1.54, 1.807) is 0 Å². The molecule has 126 valence electrons. The van der Waals surface area contributed by atoms with Gasteiger partial charge in [0.05, 0.1) is 6.61 Å². The maximum Gasteiger partial charge on any atom is 0.160 e. The fourth-order valence-electron chi connectivity index (χ4n) is 3.13. The Balaban J connectivity index is 1.64. The van der Waals surface area contributed by atoms with Gasteiger partial charge in [-0.3, -0.25) is 0 Å². The van der Waals surface area contributed by atoms with Crippen molar-refractivity contribution >= 4 is 11.2 Å². The number of imidazole rings is 1. The van der Waals surface area contributed by atoms with Crippen LogP contribution >= 0.6 is 0 Å². The van der Waals surface area contributed by atoms with Crippen LogP contribution in [-0.4, -0.2) is 65.4 Å². The van der Waals surface area contributed by atoms with Crippen LogP contribution in [0.1, 0.15) is 19.2 Å². The molecule has 0 spiro atoms. The van der Waals surface area contributed by atoms with Gasteiger partial charge in [0.2, 0.25) is 0 Å². The summed E-state index contributed by atoms with van der Waals surface area (Å²) in [5.41, 5.74) is 1.96. The third kappa shape index (κ3) is 4.28. The zero-order valence-corrected chi connectivity index (χ0v) is 14.0. The minimum absolute atomic E-state index is 0.712. The van der Waals surface area contributed by atoms with Crippen LogP contribution in [0, 0.1) is 0 Å². The SMILES string of the molecule is CCOCCn1c(CCCN2CCNCC2)nc2cccnc21. The average molecular weight is 317 g/mol. The molecule has 0 radical (unpaired) electrons. The second-order valence-corrected chi connectivity index (χ2v) is 5.92. The van der Waals surface area contributed by atoms with Crippen LogP contribution in [0.25, 0.3) is 11.2 Å². The fraction of sp³-hybridized carbons (Fsp3) is 0.647. The first-order valence-electron chi connectivity index (χ1n) is 8.69. The third-order valence-corrected chi connectivity index (χ3v) is 4.33. The second kappa shape index (κ2) is 8.38. The molecule has 6 heteroatoms. The van der Waals surface area contributed by atoms with E-state index in [2.05, 4.69) is 19.8 Å². The smallest absolute Gasteiger partial charge is 0.160 e. The topological polar surface area (TPSA) is 55.2 Å². The fourth-order valence-corrected chi connectivity index (χ4v) is 3.13. The van der Waals surface area contributed by atoms with E-state index < -0.39 is 0 Å². The quantitative estimate of drug-likeness (QED) is 0.744. The number of hydrogen-bond acceptors (Lipinski definition) is 5. The lowest BCUT2D eigenvalue weighted by atomic mass is 10.2. The van der Waals surface area contributed by atoms with E-state index in [4.69, 9.17) is 9.72 Å². The molecule has 0 atom stereocenters. The van der Waals surface area contributed by atoms with E-state index in [1.807, 2.05) is 25.3 Å². The molecule has 1 N–H and O–H groups in total. The van der Waals surface area contributed by atoms with Gasteiger partial charge in [0, 0.05) is 51.9 Å². The Morgan fingerprint density at radius 1 is 1.26 bits per heavy atom. The summed E-state index contributed by atoms with van der Waals surface area (Å²) in [6.45, 7) is 9.98. The molecule has 3 heterocycles. The Labute approximate surface area is 137 Å². The van der Waals surface area contributed by atoms with Crippen molar-refractivity contribution in [2.75, 3.05) is 45.9 Å². The number of hydrogen-bond donors (Lipinski definition) is 1. The summed E-state index contributed by atoms with van der Waals surface area (Å²) >= 11 is 0. The van der Waals surface area contributed by atoms with Gasteiger partial charge in [0.15, 0.2) is 5.65 Å². The van der Waals surface area contributed by atoms with Gasteiger partial charge in [0.25, 0.3) is 0 Å². The van der Waals surface area contributed by atoms with Gasteiger partial charge in [-0.15, -0.1) is 0 Å². The predicted octanol–water partition coefficient (Wildman–Crippen LogP) is 1.31. The predicted molar refractivity (Wildman–Crippen MR) is 91.7 cm³/mol. The molecule has 0 aromatic carbocycles. The van der Waals surface area contributed by atoms with Crippen molar-refractivity contribution < 1.29 is 4.74 Å². The molecule has 1 fully saturated rings. The van der Waals surface area contributed by atoms with Crippen molar-refractivity contribution in [3.8, 4) is 0 Å². The number of nitrogens with one attached hydrogen (secondary N) is 1. The highest BCUT2D eigenvalue weighted by atomic mass is 16.5. The van der Waals surface area contributed by atoms with Crippen LogP contribution in [0.15, 0.2) is 18.3 Å². The van der Waals surface area contributed by atoms with E-state index in [-0.39, 0.29) is 0 Å². The van der Waals surface area contributed by atoms with Crippen molar-refractivity contribution in [2.24, 2.45) is 0 Å². The maximum absolute atomic E-state index is 5.52. The zero-order chi connectivity index (χ0) is 15.9. The summed E-state index contributed by atoms with van der Waals surface area (Å²) in [6, 6.07) is 3.99. The summed E-state index contributed by atoms with van der Waals surface area (Å²) in [5.74, 6) is 1.13. The number of piperazine rings is 1. The monoisotopic (exact) mass is 317 g/mol. The Kier molecular flexibility index (Phi) is 5.96. The Bertz CT molecular complexity index is 606. The number of aromatic nitrogens is 3. The number of pyridine rings is 1. The lowest BCUT2D eigenvalue weighted by Gasteiger charge is -2.27. The average Bonchev–Trinajstić information content (AvgIpc) is 2.94. The molecular formula is C17H27N5O. The van der Waals surface area contributed by atoms with Crippen molar-refractivity contribution in [2.45, 2.75) is 26.3 Å². The molecule has 0 amide bonds. The molecule has 6 nitrogen and oxygen atoms in total. The van der Waals surface area contributed by atoms with E-state index in [9.17, 15) is 0 Å². The standard InChI is InChI=1S/C17H27N5O/c1-2-23-14-13-22-16(20-15-5-3-7-19-17(15)22)6-4-10-21-11-8-18-9-12-21/h3,5,7,18H,2,4,6,8-14H2,1H3. The first-order chi connectivity index (χ1) is 11.4. The van der Waals surface area contributed by atoms with Crippen LogP contribution in [0.3, 0.4) is 0 Å². The van der Waals surface area contributed by atoms with Crippen molar-refractivity contribution in [3.05, 3.63) is 24.2 Å². The second-order valence-electron chi connectivity index (χ2n) is 5.92. The van der Waals surface area contributed by atoms with Crippen LogP contribution in [0.2, 0.25) is 0 Å². The molecule has 1 aliphatic rings. The van der Waals surface area contributed by atoms with Gasteiger partial charge in [-0.2, -0.15) is 0 Å². The molecule has 0 aliphatic carbocycles. The Morgan fingerprint density at radius 2 is 2.13 bits per heavy atom. The number of nitrogens with zero attached hydrogens (tertiary/aromatic N) is 4. The van der Waals surface area contributed by atoms with Gasteiger partial charge < -0.3 is 19.5 Å². The van der Waals surface area contributed by atoms with Crippen molar-refractivity contribution in [1.82, 2.24) is 24.8 Å². The van der Waals surface area contributed by atoms with Gasteiger partial charge in [-0.05, 0) is 32.0 Å². The first-order valence-corrected chi connectivity index (χ1v) is 8.69. The highest BCUT2D eigenvalue weighted by Gasteiger charge is 2.13. The minimum Gasteiger partial charge on any atom is -0.380 e. The molecular weight excluding hydrogens is 290 g/mol. The highest BCUT2D eigenvalue weighted by Crippen LogP contribution is 2.15. The summed E-state index contributed by atoms with van der Waals surface area (Å²) in [7, 11) is 0. The molecule has 0 saturated carbocycles. The Morgan fingerprint density at radius 3 is 2.96 bits per heavy atom. The molecule has 1 aliphatic heterocycles. The van der Waals surface area contributed by atoms with E-state index >= 15 is 0 Å². The van der Waals surface area contributed by atoms with E-state index in [0.717, 1.165) is 75.7 Å². The van der Waals surface area contributed by atoms with Crippen LogP contribution < -0.4 is 5.32 Å². The number of ether oxygens (including phenoxy) is 1. The van der Waals surface area contributed by atoms with Gasteiger partial charge >= 0.3 is 0 Å². The largest absolute Gasteiger partial charge is 0.380 e. The third-order valence-electron chi connectivity index (χ3n) is 4.33. The molecule has 3 rings (SSSR count). The summed E-state index contributed by atoms with van der Waals surface area (Å²) in [6.07, 6.45) is 3.97. The maximum atomic E-state index is 5.52. The lowest BCUT2D eigenvalue weighted by Crippen LogP contribution is -2.43. The van der Waals surface area contributed by atoms with Crippen LogP contribution in [-0.2, 0) is 17.7 Å².